The molecule has 4 aromatic rings. The van der Waals surface area contributed by atoms with Crippen LogP contribution in [0.5, 0.6) is 11.5 Å². The molecule has 4 rings (SSSR count). The highest BCUT2D eigenvalue weighted by atomic mass is 79.9. The van der Waals surface area contributed by atoms with Gasteiger partial charge in [0.1, 0.15) is 6.61 Å². The number of benzene rings is 4. The second-order valence-electron chi connectivity index (χ2n) is 8.59. The van der Waals surface area contributed by atoms with E-state index in [0.29, 0.717) is 24.7 Å². The van der Waals surface area contributed by atoms with Crippen molar-refractivity contribution in [3.8, 4) is 11.5 Å². The second-order valence-corrected chi connectivity index (χ2v) is 9.44. The zero-order valence-electron chi connectivity index (χ0n) is 20.7. The molecule has 4 aromatic carbocycles. The van der Waals surface area contributed by atoms with Crippen LogP contribution in [0.4, 0.5) is 0 Å². The van der Waals surface area contributed by atoms with Gasteiger partial charge in [-0.1, -0.05) is 66.2 Å². The summed E-state index contributed by atoms with van der Waals surface area (Å²) >= 11 is 3.62. The molecule has 184 valence electrons. The van der Waals surface area contributed by atoms with Crippen molar-refractivity contribution >= 4 is 38.8 Å². The Labute approximate surface area is 220 Å². The third-order valence-corrected chi connectivity index (χ3v) is 6.42. The summed E-state index contributed by atoms with van der Waals surface area (Å²) in [5, 5.41) is 6.48. The Morgan fingerprint density at radius 1 is 0.972 bits per heavy atom. The molecule has 0 heterocycles. The van der Waals surface area contributed by atoms with Gasteiger partial charge in [-0.3, -0.25) is 4.79 Å². The number of amides is 1. The van der Waals surface area contributed by atoms with Crippen LogP contribution in [0.25, 0.3) is 10.8 Å². The fourth-order valence-electron chi connectivity index (χ4n) is 4.07. The third-order valence-electron chi connectivity index (χ3n) is 5.84. The number of carbonyl (C=O) groups is 1. The third kappa shape index (κ3) is 6.32. The SMILES string of the molecule is CCOc1cc(/C=N\NC(=O)Cc2ccc(C)cc2C)cc(Br)c1OCc1cccc2ccccc12. The van der Waals surface area contributed by atoms with E-state index in [1.54, 1.807) is 6.21 Å². The number of rotatable bonds is 9. The van der Waals surface area contributed by atoms with Crippen LogP contribution < -0.4 is 14.9 Å². The average molecular weight is 545 g/mol. The number of hydrogen-bond acceptors (Lipinski definition) is 4. The number of nitrogens with zero attached hydrogens (tertiary/aromatic N) is 1. The minimum Gasteiger partial charge on any atom is -0.490 e. The summed E-state index contributed by atoms with van der Waals surface area (Å²) in [5.41, 5.74) is 7.74. The summed E-state index contributed by atoms with van der Waals surface area (Å²) in [4.78, 5) is 12.4. The Morgan fingerprint density at radius 2 is 1.78 bits per heavy atom. The lowest BCUT2D eigenvalue weighted by Gasteiger charge is -2.15. The summed E-state index contributed by atoms with van der Waals surface area (Å²) in [6.45, 7) is 6.87. The van der Waals surface area contributed by atoms with Gasteiger partial charge in [-0.2, -0.15) is 5.10 Å². The van der Waals surface area contributed by atoms with Gasteiger partial charge in [-0.25, -0.2) is 5.43 Å². The molecule has 0 aliphatic rings. The standard InChI is InChI=1S/C30H29BrN2O3/c1-4-35-28-16-22(18-32-33-29(34)17-24-13-12-20(2)14-21(24)3)15-27(31)30(28)36-19-25-10-7-9-23-8-5-6-11-26(23)25/h5-16,18H,4,17,19H2,1-3H3,(H,33,34)/b32-18-. The van der Waals surface area contributed by atoms with Crippen LogP contribution in [0.15, 0.2) is 82.4 Å². The fraction of sp³-hybridized carbons (Fsp3) is 0.200. The molecule has 0 aliphatic heterocycles. The number of hydrogen-bond donors (Lipinski definition) is 1. The van der Waals surface area contributed by atoms with E-state index in [0.717, 1.165) is 32.1 Å². The molecule has 5 nitrogen and oxygen atoms in total. The minimum absolute atomic E-state index is 0.169. The van der Waals surface area contributed by atoms with Crippen LogP contribution in [0.2, 0.25) is 0 Å². The van der Waals surface area contributed by atoms with Gasteiger partial charge in [-0.15, -0.1) is 0 Å². The van der Waals surface area contributed by atoms with Gasteiger partial charge in [0.05, 0.1) is 23.7 Å². The molecule has 0 radical (unpaired) electrons. The van der Waals surface area contributed by atoms with Crippen LogP contribution in [-0.4, -0.2) is 18.7 Å². The Kier molecular flexibility index (Phi) is 8.39. The Morgan fingerprint density at radius 3 is 2.58 bits per heavy atom. The maximum atomic E-state index is 12.4. The normalized spacial score (nSPS) is 11.1. The van der Waals surface area contributed by atoms with Gasteiger partial charge in [0.25, 0.3) is 0 Å². The smallest absolute Gasteiger partial charge is 0.244 e. The molecule has 0 spiro atoms. The van der Waals surface area contributed by atoms with Gasteiger partial charge in [0, 0.05) is 0 Å². The maximum absolute atomic E-state index is 12.4. The van der Waals surface area contributed by atoms with Gasteiger partial charge in [0.15, 0.2) is 11.5 Å². The zero-order valence-corrected chi connectivity index (χ0v) is 22.3. The Bertz CT molecular complexity index is 1410. The maximum Gasteiger partial charge on any atom is 0.244 e. The lowest BCUT2D eigenvalue weighted by Crippen LogP contribution is -2.20. The number of halogens is 1. The molecule has 0 atom stereocenters. The zero-order chi connectivity index (χ0) is 25.5. The summed E-state index contributed by atoms with van der Waals surface area (Å²) < 4.78 is 12.8. The second kappa shape index (κ2) is 11.9. The van der Waals surface area contributed by atoms with Crippen LogP contribution in [0.3, 0.4) is 0 Å². The van der Waals surface area contributed by atoms with E-state index in [4.69, 9.17) is 9.47 Å². The molecule has 1 N–H and O–H groups in total. The number of ether oxygens (including phenoxy) is 2. The van der Waals surface area contributed by atoms with Crippen molar-refractivity contribution in [2.24, 2.45) is 5.10 Å². The van der Waals surface area contributed by atoms with E-state index >= 15 is 0 Å². The van der Waals surface area contributed by atoms with Crippen molar-refractivity contribution in [1.29, 1.82) is 0 Å². The first-order chi connectivity index (χ1) is 17.4. The highest BCUT2D eigenvalue weighted by Crippen LogP contribution is 2.37. The van der Waals surface area contributed by atoms with E-state index in [1.807, 2.05) is 63.2 Å². The van der Waals surface area contributed by atoms with Gasteiger partial charge in [-0.05, 0) is 81.9 Å². The van der Waals surface area contributed by atoms with E-state index in [9.17, 15) is 4.79 Å². The Balaban J connectivity index is 1.45. The highest BCUT2D eigenvalue weighted by molar-refractivity contribution is 9.10. The first-order valence-corrected chi connectivity index (χ1v) is 12.7. The van der Waals surface area contributed by atoms with Crippen molar-refractivity contribution in [3.63, 3.8) is 0 Å². The highest BCUT2D eigenvalue weighted by Gasteiger charge is 2.13. The average Bonchev–Trinajstić information content (AvgIpc) is 2.85. The monoisotopic (exact) mass is 544 g/mol. The fourth-order valence-corrected chi connectivity index (χ4v) is 4.64. The van der Waals surface area contributed by atoms with Crippen molar-refractivity contribution < 1.29 is 14.3 Å². The van der Waals surface area contributed by atoms with Crippen LogP contribution in [0, 0.1) is 13.8 Å². The first kappa shape index (κ1) is 25.5. The van der Waals surface area contributed by atoms with Gasteiger partial charge in [0.2, 0.25) is 5.91 Å². The first-order valence-electron chi connectivity index (χ1n) is 11.9. The van der Waals surface area contributed by atoms with Gasteiger partial charge >= 0.3 is 0 Å². The molecule has 1 amide bonds. The van der Waals surface area contributed by atoms with Crippen LogP contribution in [-0.2, 0) is 17.8 Å². The lowest BCUT2D eigenvalue weighted by molar-refractivity contribution is -0.120. The molecular formula is C30H29BrN2O3. The molecule has 0 unspecified atom stereocenters. The van der Waals surface area contributed by atoms with Crippen LogP contribution in [0.1, 0.15) is 34.7 Å². The molecule has 0 saturated heterocycles. The lowest BCUT2D eigenvalue weighted by atomic mass is 10.0. The molecule has 0 aliphatic carbocycles. The molecule has 36 heavy (non-hydrogen) atoms. The topological polar surface area (TPSA) is 59.9 Å². The molecule has 0 saturated carbocycles. The van der Waals surface area contributed by atoms with Crippen LogP contribution >= 0.6 is 15.9 Å². The van der Waals surface area contributed by atoms with Crippen molar-refractivity contribution in [1.82, 2.24) is 5.43 Å². The number of carbonyl (C=O) groups excluding carboxylic acids is 1. The number of hydrazone groups is 1. The minimum atomic E-state index is -0.169. The van der Waals surface area contributed by atoms with E-state index in [1.165, 1.54) is 10.9 Å². The molecule has 6 heteroatoms. The summed E-state index contributed by atoms with van der Waals surface area (Å²) in [5.74, 6) is 1.06. The van der Waals surface area contributed by atoms with Crippen molar-refractivity contribution in [2.75, 3.05) is 6.61 Å². The van der Waals surface area contributed by atoms with E-state index in [-0.39, 0.29) is 12.3 Å². The van der Waals surface area contributed by atoms with Crippen molar-refractivity contribution in [3.05, 3.63) is 105 Å². The molecule has 0 bridgehead atoms. The summed E-state index contributed by atoms with van der Waals surface area (Å²) in [6, 6.07) is 24.3. The predicted octanol–water partition coefficient (Wildman–Crippen LogP) is 6.89. The summed E-state index contributed by atoms with van der Waals surface area (Å²) in [7, 11) is 0. The molecule has 0 aromatic heterocycles. The predicted molar refractivity (Wildman–Crippen MR) is 149 cm³/mol. The number of nitrogens with one attached hydrogen (secondary N) is 1. The van der Waals surface area contributed by atoms with E-state index in [2.05, 4.69) is 56.8 Å². The van der Waals surface area contributed by atoms with E-state index < -0.39 is 0 Å². The quantitative estimate of drug-likeness (QED) is 0.184. The molecular weight excluding hydrogens is 516 g/mol. The number of fused-ring (bicyclic) bond motifs is 1. The summed E-state index contributed by atoms with van der Waals surface area (Å²) in [6.07, 6.45) is 1.87. The number of aryl methyl sites for hydroxylation is 2. The van der Waals surface area contributed by atoms with Gasteiger partial charge < -0.3 is 9.47 Å². The Hall–Kier alpha value is -3.64. The molecule has 0 fully saturated rings. The largest absolute Gasteiger partial charge is 0.490 e. The van der Waals surface area contributed by atoms with Crippen molar-refractivity contribution in [2.45, 2.75) is 33.8 Å².